The second-order valence-electron chi connectivity index (χ2n) is 4.62. The third-order valence-corrected chi connectivity index (χ3v) is 3.08. The molecule has 3 nitrogen and oxygen atoms in total. The van der Waals surface area contributed by atoms with Gasteiger partial charge >= 0.3 is 0 Å². The van der Waals surface area contributed by atoms with E-state index in [1.165, 1.54) is 0 Å². The first-order chi connectivity index (χ1) is 8.09. The van der Waals surface area contributed by atoms with Crippen molar-refractivity contribution in [3.8, 4) is 0 Å². The zero-order valence-electron chi connectivity index (χ0n) is 10.1. The van der Waals surface area contributed by atoms with Gasteiger partial charge in [0.25, 0.3) is 5.91 Å². The van der Waals surface area contributed by atoms with Crippen LogP contribution in [0.4, 0.5) is 5.69 Å². The third-order valence-electron chi connectivity index (χ3n) is 2.64. The second-order valence-corrected chi connectivity index (χ2v) is 4.99. The molecule has 1 aromatic rings. The minimum absolute atomic E-state index is 0.0573. The minimum Gasteiger partial charge on any atom is -0.339 e. The first kappa shape index (κ1) is 12.0. The van der Waals surface area contributed by atoms with Gasteiger partial charge < -0.3 is 4.90 Å². The molecule has 0 atom stereocenters. The average molecular weight is 248 g/mol. The maximum atomic E-state index is 12.0. The van der Waals surface area contributed by atoms with Crippen molar-refractivity contribution in [2.75, 3.05) is 18.0 Å². The van der Waals surface area contributed by atoms with E-state index < -0.39 is 0 Å². The van der Waals surface area contributed by atoms with Gasteiger partial charge in [-0.1, -0.05) is 32.0 Å². The SMILES string of the molecule is CC(C)CN1CC(=O)N(c2ccccc2)C1=S. The lowest BCUT2D eigenvalue weighted by Crippen LogP contribution is -2.34. The number of carbonyl (C=O) groups excluding carboxylic acids is 1. The average Bonchev–Trinajstić information content (AvgIpc) is 2.54. The second kappa shape index (κ2) is 4.84. The van der Waals surface area contributed by atoms with E-state index >= 15 is 0 Å². The van der Waals surface area contributed by atoms with Crippen molar-refractivity contribution in [2.24, 2.45) is 5.92 Å². The fourth-order valence-corrected chi connectivity index (χ4v) is 2.31. The summed E-state index contributed by atoms with van der Waals surface area (Å²) in [4.78, 5) is 15.6. The van der Waals surface area contributed by atoms with Gasteiger partial charge in [0.05, 0.1) is 5.69 Å². The molecule has 1 fully saturated rings. The number of carbonyl (C=O) groups is 1. The van der Waals surface area contributed by atoms with Crippen molar-refractivity contribution in [1.29, 1.82) is 0 Å². The summed E-state index contributed by atoms with van der Waals surface area (Å²) in [5.41, 5.74) is 0.855. The molecule has 1 amide bonds. The van der Waals surface area contributed by atoms with E-state index in [0.717, 1.165) is 12.2 Å². The number of rotatable bonds is 3. The summed E-state index contributed by atoms with van der Waals surface area (Å²) in [6.45, 7) is 5.47. The van der Waals surface area contributed by atoms with Crippen molar-refractivity contribution < 1.29 is 4.79 Å². The summed E-state index contributed by atoms with van der Waals surface area (Å²) < 4.78 is 0. The van der Waals surface area contributed by atoms with Crippen molar-refractivity contribution in [3.63, 3.8) is 0 Å². The predicted octanol–water partition coefficient (Wildman–Crippen LogP) is 2.28. The lowest BCUT2D eigenvalue weighted by Gasteiger charge is -2.21. The van der Waals surface area contributed by atoms with E-state index in [4.69, 9.17) is 12.2 Å². The highest BCUT2D eigenvalue weighted by molar-refractivity contribution is 7.80. The van der Waals surface area contributed by atoms with Gasteiger partial charge in [0.15, 0.2) is 5.11 Å². The molecule has 1 aliphatic rings. The molecule has 90 valence electrons. The number of amides is 1. The number of anilines is 1. The molecule has 1 aromatic carbocycles. The lowest BCUT2D eigenvalue weighted by atomic mass is 10.2. The molecule has 0 aliphatic carbocycles. The number of hydrogen-bond acceptors (Lipinski definition) is 2. The van der Waals surface area contributed by atoms with E-state index in [2.05, 4.69) is 13.8 Å². The maximum absolute atomic E-state index is 12.0. The molecular weight excluding hydrogens is 232 g/mol. The summed E-state index contributed by atoms with van der Waals surface area (Å²) in [5, 5.41) is 0.620. The van der Waals surface area contributed by atoms with Crippen LogP contribution in [0.1, 0.15) is 13.8 Å². The van der Waals surface area contributed by atoms with Crippen molar-refractivity contribution in [1.82, 2.24) is 4.90 Å². The fraction of sp³-hybridized carbons (Fsp3) is 0.385. The van der Waals surface area contributed by atoms with Crippen LogP contribution in [0.3, 0.4) is 0 Å². The Kier molecular flexibility index (Phi) is 3.43. The maximum Gasteiger partial charge on any atom is 0.252 e. The molecule has 0 radical (unpaired) electrons. The van der Waals surface area contributed by atoms with Gasteiger partial charge in [-0.3, -0.25) is 9.69 Å². The Balaban J connectivity index is 2.20. The Morgan fingerprint density at radius 2 is 1.94 bits per heavy atom. The van der Waals surface area contributed by atoms with Crippen LogP contribution >= 0.6 is 12.2 Å². The van der Waals surface area contributed by atoms with Crippen LogP contribution in [-0.2, 0) is 4.79 Å². The molecule has 0 N–H and O–H groups in total. The topological polar surface area (TPSA) is 23.6 Å². The summed E-state index contributed by atoms with van der Waals surface area (Å²) >= 11 is 5.37. The van der Waals surface area contributed by atoms with Gasteiger partial charge in [-0.15, -0.1) is 0 Å². The van der Waals surface area contributed by atoms with Crippen LogP contribution in [0.25, 0.3) is 0 Å². The summed E-state index contributed by atoms with van der Waals surface area (Å²) in [6, 6.07) is 9.57. The summed E-state index contributed by atoms with van der Waals surface area (Å²) in [7, 11) is 0. The monoisotopic (exact) mass is 248 g/mol. The molecular formula is C13H16N2OS. The minimum atomic E-state index is 0.0573. The van der Waals surface area contributed by atoms with Gasteiger partial charge in [-0.25, -0.2) is 0 Å². The number of hydrogen-bond donors (Lipinski definition) is 0. The molecule has 0 aromatic heterocycles. The standard InChI is InChI=1S/C13H16N2OS/c1-10(2)8-14-9-12(16)15(13(14)17)11-6-4-3-5-7-11/h3-7,10H,8-9H2,1-2H3. The molecule has 4 heteroatoms. The fourth-order valence-electron chi connectivity index (χ4n) is 1.96. The largest absolute Gasteiger partial charge is 0.339 e. The highest BCUT2D eigenvalue weighted by Crippen LogP contribution is 2.21. The van der Waals surface area contributed by atoms with Crippen LogP contribution in [0.15, 0.2) is 30.3 Å². The Bertz CT molecular complexity index is 430. The van der Waals surface area contributed by atoms with Gasteiger partial charge in [0.1, 0.15) is 6.54 Å². The number of para-hydroxylation sites is 1. The number of benzene rings is 1. The molecule has 1 saturated heterocycles. The smallest absolute Gasteiger partial charge is 0.252 e. The van der Waals surface area contributed by atoms with E-state index in [1.54, 1.807) is 4.90 Å². The van der Waals surface area contributed by atoms with Crippen LogP contribution in [0.2, 0.25) is 0 Å². The predicted molar refractivity (Wildman–Crippen MR) is 72.9 cm³/mol. The molecule has 0 bridgehead atoms. The molecule has 2 rings (SSSR count). The van der Waals surface area contributed by atoms with E-state index in [1.807, 2.05) is 35.2 Å². The lowest BCUT2D eigenvalue weighted by molar-refractivity contribution is -0.116. The molecule has 0 unspecified atom stereocenters. The molecule has 0 spiro atoms. The van der Waals surface area contributed by atoms with E-state index in [-0.39, 0.29) is 5.91 Å². The number of nitrogens with zero attached hydrogens (tertiary/aromatic N) is 2. The van der Waals surface area contributed by atoms with Gasteiger partial charge in [-0.2, -0.15) is 0 Å². The highest BCUT2D eigenvalue weighted by Gasteiger charge is 2.33. The van der Waals surface area contributed by atoms with Crippen molar-refractivity contribution >= 4 is 28.9 Å². The summed E-state index contributed by atoms with van der Waals surface area (Å²) in [6.07, 6.45) is 0. The van der Waals surface area contributed by atoms with Crippen molar-refractivity contribution in [2.45, 2.75) is 13.8 Å². The number of thiocarbonyl (C=S) groups is 1. The molecule has 0 saturated carbocycles. The van der Waals surface area contributed by atoms with Crippen LogP contribution < -0.4 is 4.90 Å². The van der Waals surface area contributed by atoms with Gasteiger partial charge in [0, 0.05) is 6.54 Å². The highest BCUT2D eigenvalue weighted by atomic mass is 32.1. The van der Waals surface area contributed by atoms with Crippen LogP contribution in [-0.4, -0.2) is 29.0 Å². The zero-order chi connectivity index (χ0) is 12.4. The molecule has 17 heavy (non-hydrogen) atoms. The normalized spacial score (nSPS) is 16.2. The first-order valence-electron chi connectivity index (χ1n) is 5.76. The van der Waals surface area contributed by atoms with E-state index in [9.17, 15) is 4.79 Å². The molecule has 1 heterocycles. The van der Waals surface area contributed by atoms with Crippen LogP contribution in [0.5, 0.6) is 0 Å². The summed E-state index contributed by atoms with van der Waals surface area (Å²) in [5.74, 6) is 0.554. The first-order valence-corrected chi connectivity index (χ1v) is 6.17. The Morgan fingerprint density at radius 3 is 2.53 bits per heavy atom. The van der Waals surface area contributed by atoms with Gasteiger partial charge in [-0.05, 0) is 30.3 Å². The van der Waals surface area contributed by atoms with Crippen molar-refractivity contribution in [3.05, 3.63) is 30.3 Å². The Morgan fingerprint density at radius 1 is 1.29 bits per heavy atom. The van der Waals surface area contributed by atoms with E-state index in [0.29, 0.717) is 17.6 Å². The zero-order valence-corrected chi connectivity index (χ0v) is 10.9. The van der Waals surface area contributed by atoms with Gasteiger partial charge in [0.2, 0.25) is 0 Å². The quantitative estimate of drug-likeness (QED) is 0.767. The molecule has 1 aliphatic heterocycles. The Hall–Kier alpha value is -1.42. The van der Waals surface area contributed by atoms with Crippen LogP contribution in [0, 0.1) is 5.92 Å². The Labute approximate surface area is 107 Å². The third kappa shape index (κ3) is 2.47.